The van der Waals surface area contributed by atoms with Crippen molar-refractivity contribution in [3.8, 4) is 0 Å². The monoisotopic (exact) mass is 315 g/mol. The third kappa shape index (κ3) is 2.83. The van der Waals surface area contributed by atoms with Crippen molar-refractivity contribution in [1.82, 2.24) is 4.90 Å². The molecule has 0 bridgehead atoms. The van der Waals surface area contributed by atoms with Crippen LogP contribution in [0.2, 0.25) is 0 Å². The predicted molar refractivity (Wildman–Crippen MR) is 86.8 cm³/mol. The Labute approximate surface area is 136 Å². The number of hydrogen-bond acceptors (Lipinski definition) is 2. The fourth-order valence-electron chi connectivity index (χ4n) is 3.44. The maximum Gasteiger partial charge on any atom is 0.256 e. The van der Waals surface area contributed by atoms with Gasteiger partial charge < -0.3 is 10.0 Å². The van der Waals surface area contributed by atoms with Crippen LogP contribution in [0.5, 0.6) is 0 Å². The number of carbonyl (C=O) groups excluding carboxylic acids is 1. The quantitative estimate of drug-likeness (QED) is 0.900. The van der Waals surface area contributed by atoms with Crippen LogP contribution in [0.25, 0.3) is 0 Å². The second kappa shape index (κ2) is 6.28. The molecule has 1 aromatic carbocycles. The van der Waals surface area contributed by atoms with Gasteiger partial charge in [-0.05, 0) is 49.0 Å². The lowest BCUT2D eigenvalue weighted by molar-refractivity contribution is -0.145. The summed E-state index contributed by atoms with van der Waals surface area (Å²) in [5, 5.41) is 11.3. The third-order valence-corrected chi connectivity index (χ3v) is 4.71. The zero-order chi connectivity index (χ0) is 16.4. The standard InChI is InChI=1S/C19H22FNO2/c1-2-3-12-19(23)17-7-5-4-6-16(17)18(22)21(19)13-14-8-10-15(20)11-9-14/h4,6,8-11,23H,2-3,5,7,12-13H2,1H3. The molecule has 1 amide bonds. The molecular weight excluding hydrogens is 293 g/mol. The lowest BCUT2D eigenvalue weighted by Gasteiger charge is -2.36. The summed E-state index contributed by atoms with van der Waals surface area (Å²) in [4.78, 5) is 14.3. The summed E-state index contributed by atoms with van der Waals surface area (Å²) in [5.74, 6) is -0.429. The van der Waals surface area contributed by atoms with Crippen LogP contribution in [0, 0.1) is 5.82 Å². The van der Waals surface area contributed by atoms with Gasteiger partial charge in [-0.1, -0.05) is 37.6 Å². The molecule has 2 aliphatic rings. The van der Waals surface area contributed by atoms with Crippen molar-refractivity contribution in [2.45, 2.75) is 51.3 Å². The van der Waals surface area contributed by atoms with E-state index in [0.29, 0.717) is 18.5 Å². The van der Waals surface area contributed by atoms with Gasteiger partial charge in [-0.25, -0.2) is 4.39 Å². The molecule has 23 heavy (non-hydrogen) atoms. The van der Waals surface area contributed by atoms with Crippen molar-refractivity contribution < 1.29 is 14.3 Å². The number of carbonyl (C=O) groups is 1. The lowest BCUT2D eigenvalue weighted by atomic mass is 9.89. The molecule has 1 aromatic rings. The molecule has 1 unspecified atom stereocenters. The van der Waals surface area contributed by atoms with E-state index >= 15 is 0 Å². The molecule has 3 rings (SSSR count). The molecule has 1 aliphatic heterocycles. The van der Waals surface area contributed by atoms with Crippen LogP contribution >= 0.6 is 0 Å². The van der Waals surface area contributed by atoms with E-state index < -0.39 is 5.72 Å². The first kappa shape index (κ1) is 15.9. The molecule has 1 N–H and O–H groups in total. The van der Waals surface area contributed by atoms with Gasteiger partial charge in [0.25, 0.3) is 5.91 Å². The highest BCUT2D eigenvalue weighted by molar-refractivity contribution is 6.01. The molecule has 0 saturated carbocycles. The van der Waals surface area contributed by atoms with E-state index in [-0.39, 0.29) is 11.7 Å². The van der Waals surface area contributed by atoms with Gasteiger partial charge in [0.05, 0.1) is 0 Å². The maximum atomic E-state index is 13.1. The average molecular weight is 315 g/mol. The molecule has 1 aliphatic carbocycles. The van der Waals surface area contributed by atoms with Crippen molar-refractivity contribution in [1.29, 1.82) is 0 Å². The van der Waals surface area contributed by atoms with Crippen LogP contribution in [0.4, 0.5) is 4.39 Å². The smallest absolute Gasteiger partial charge is 0.256 e. The fourth-order valence-corrected chi connectivity index (χ4v) is 3.44. The van der Waals surface area contributed by atoms with Crippen LogP contribution in [0.1, 0.15) is 44.6 Å². The van der Waals surface area contributed by atoms with Crippen molar-refractivity contribution >= 4 is 5.91 Å². The van der Waals surface area contributed by atoms with Crippen molar-refractivity contribution in [3.63, 3.8) is 0 Å². The number of halogens is 1. The Morgan fingerprint density at radius 2 is 2.04 bits per heavy atom. The van der Waals surface area contributed by atoms with Gasteiger partial charge in [-0.2, -0.15) is 0 Å². The first-order valence-electron chi connectivity index (χ1n) is 8.25. The number of unbranched alkanes of at least 4 members (excludes halogenated alkanes) is 1. The normalized spacial score (nSPS) is 23.6. The summed E-state index contributed by atoms with van der Waals surface area (Å²) in [5.41, 5.74) is 1.10. The molecule has 0 fully saturated rings. The summed E-state index contributed by atoms with van der Waals surface area (Å²) in [6.45, 7) is 2.36. The fraction of sp³-hybridized carbons (Fsp3) is 0.421. The summed E-state index contributed by atoms with van der Waals surface area (Å²) in [6, 6.07) is 6.09. The third-order valence-electron chi connectivity index (χ3n) is 4.71. The summed E-state index contributed by atoms with van der Waals surface area (Å²) in [6.07, 6.45) is 7.75. The second-order valence-electron chi connectivity index (χ2n) is 6.27. The van der Waals surface area contributed by atoms with Gasteiger partial charge in [0, 0.05) is 12.1 Å². The highest BCUT2D eigenvalue weighted by atomic mass is 19.1. The molecule has 1 atom stereocenters. The van der Waals surface area contributed by atoms with E-state index in [4.69, 9.17) is 0 Å². The number of aliphatic hydroxyl groups is 1. The average Bonchev–Trinajstić information content (AvgIpc) is 2.78. The van der Waals surface area contributed by atoms with Crippen LogP contribution in [-0.2, 0) is 11.3 Å². The Hall–Kier alpha value is -1.94. The Bertz CT molecular complexity index is 662. The first-order chi connectivity index (χ1) is 11.1. The maximum absolute atomic E-state index is 13.1. The minimum absolute atomic E-state index is 0.126. The number of hydrogen-bond donors (Lipinski definition) is 1. The minimum Gasteiger partial charge on any atom is -0.367 e. The van der Waals surface area contributed by atoms with Gasteiger partial charge >= 0.3 is 0 Å². The molecule has 0 radical (unpaired) electrons. The molecule has 122 valence electrons. The Morgan fingerprint density at radius 3 is 2.74 bits per heavy atom. The van der Waals surface area contributed by atoms with Crippen LogP contribution in [-0.4, -0.2) is 21.6 Å². The van der Waals surface area contributed by atoms with E-state index in [1.807, 2.05) is 12.2 Å². The topological polar surface area (TPSA) is 40.5 Å². The molecule has 1 heterocycles. The SMILES string of the molecule is CCCCC1(O)C2=C(C=CCC2)C(=O)N1Cc1ccc(F)cc1. The van der Waals surface area contributed by atoms with Gasteiger partial charge in [0.1, 0.15) is 5.82 Å². The molecule has 4 heteroatoms. The van der Waals surface area contributed by atoms with E-state index in [1.165, 1.54) is 12.1 Å². The van der Waals surface area contributed by atoms with E-state index in [0.717, 1.165) is 36.8 Å². The number of benzene rings is 1. The zero-order valence-corrected chi connectivity index (χ0v) is 13.4. The molecule has 0 spiro atoms. The molecule has 0 aromatic heterocycles. The minimum atomic E-state index is -1.21. The lowest BCUT2D eigenvalue weighted by Crippen LogP contribution is -2.47. The van der Waals surface area contributed by atoms with Crippen LogP contribution < -0.4 is 0 Å². The van der Waals surface area contributed by atoms with E-state index in [1.54, 1.807) is 17.0 Å². The van der Waals surface area contributed by atoms with Gasteiger partial charge in [0.2, 0.25) is 0 Å². The van der Waals surface area contributed by atoms with Crippen molar-refractivity contribution in [2.24, 2.45) is 0 Å². The number of nitrogens with zero attached hydrogens (tertiary/aromatic N) is 1. The van der Waals surface area contributed by atoms with E-state index in [2.05, 4.69) is 6.92 Å². The summed E-state index contributed by atoms with van der Waals surface area (Å²) < 4.78 is 13.1. The number of allylic oxidation sites excluding steroid dienone is 1. The van der Waals surface area contributed by atoms with Crippen LogP contribution in [0.15, 0.2) is 47.6 Å². The first-order valence-corrected chi connectivity index (χ1v) is 8.25. The number of rotatable bonds is 5. The summed E-state index contributed by atoms with van der Waals surface area (Å²) in [7, 11) is 0. The largest absolute Gasteiger partial charge is 0.367 e. The second-order valence-corrected chi connectivity index (χ2v) is 6.27. The highest BCUT2D eigenvalue weighted by Gasteiger charge is 2.48. The predicted octanol–water partition coefficient (Wildman–Crippen LogP) is 3.69. The Kier molecular flexibility index (Phi) is 4.35. The van der Waals surface area contributed by atoms with Gasteiger partial charge in [-0.3, -0.25) is 4.79 Å². The summed E-state index contributed by atoms with van der Waals surface area (Å²) >= 11 is 0. The molecule has 3 nitrogen and oxygen atoms in total. The Morgan fingerprint density at radius 1 is 1.30 bits per heavy atom. The van der Waals surface area contributed by atoms with Crippen molar-refractivity contribution in [2.75, 3.05) is 0 Å². The molecular formula is C19H22FNO2. The Balaban J connectivity index is 1.92. The van der Waals surface area contributed by atoms with E-state index in [9.17, 15) is 14.3 Å². The molecule has 0 saturated heterocycles. The highest BCUT2D eigenvalue weighted by Crippen LogP contribution is 2.43. The van der Waals surface area contributed by atoms with Gasteiger partial charge in [0.15, 0.2) is 5.72 Å². The zero-order valence-electron chi connectivity index (χ0n) is 13.4. The number of amides is 1. The van der Waals surface area contributed by atoms with Crippen molar-refractivity contribution in [3.05, 3.63) is 58.9 Å². The van der Waals surface area contributed by atoms with Gasteiger partial charge in [-0.15, -0.1) is 0 Å². The van der Waals surface area contributed by atoms with Crippen LogP contribution in [0.3, 0.4) is 0 Å².